The van der Waals surface area contributed by atoms with E-state index >= 15 is 0 Å². The summed E-state index contributed by atoms with van der Waals surface area (Å²) in [4.78, 5) is 32.9. The van der Waals surface area contributed by atoms with Crippen LogP contribution in [0.3, 0.4) is 0 Å². The second-order valence-corrected chi connectivity index (χ2v) is 5.23. The summed E-state index contributed by atoms with van der Waals surface area (Å²) in [6.45, 7) is 4.80. The quantitative estimate of drug-likeness (QED) is 0.529. The van der Waals surface area contributed by atoms with Crippen LogP contribution in [0.2, 0.25) is 0 Å². The van der Waals surface area contributed by atoms with Crippen LogP contribution in [0.25, 0.3) is 0 Å². The molecule has 0 heterocycles. The van der Waals surface area contributed by atoms with Crippen molar-refractivity contribution in [2.45, 2.75) is 39.5 Å². The van der Waals surface area contributed by atoms with Crippen molar-refractivity contribution in [1.29, 1.82) is 0 Å². The van der Waals surface area contributed by atoms with E-state index in [1.165, 1.54) is 7.11 Å². The highest BCUT2D eigenvalue weighted by Crippen LogP contribution is 2.20. The third-order valence-corrected chi connectivity index (χ3v) is 3.31. The standard InChI is InChI=1S/C14H26N2O5/c1-10(2)11(4-5-12(17)18)6-8-15-14(20)16-9-7-13(19)21-3/h10-11H,4-9H2,1-3H3,(H,17,18)(H2,15,16,20). The summed E-state index contributed by atoms with van der Waals surface area (Å²) in [5.41, 5.74) is 0. The number of urea groups is 1. The lowest BCUT2D eigenvalue weighted by molar-refractivity contribution is -0.140. The molecule has 21 heavy (non-hydrogen) atoms. The topological polar surface area (TPSA) is 105 Å². The number of aliphatic carboxylic acids is 1. The van der Waals surface area contributed by atoms with Crippen molar-refractivity contribution in [3.05, 3.63) is 0 Å². The predicted molar refractivity (Wildman–Crippen MR) is 77.8 cm³/mol. The number of carbonyl (C=O) groups is 3. The number of ether oxygens (including phenoxy) is 1. The van der Waals surface area contributed by atoms with Crippen molar-refractivity contribution in [3.63, 3.8) is 0 Å². The van der Waals surface area contributed by atoms with Gasteiger partial charge in [-0.05, 0) is 24.7 Å². The van der Waals surface area contributed by atoms with Crippen LogP contribution >= 0.6 is 0 Å². The normalized spacial score (nSPS) is 11.8. The summed E-state index contributed by atoms with van der Waals surface area (Å²) in [6.07, 6.45) is 1.62. The summed E-state index contributed by atoms with van der Waals surface area (Å²) in [6, 6.07) is -0.334. The van der Waals surface area contributed by atoms with E-state index in [1.807, 2.05) is 13.8 Å². The zero-order valence-corrected chi connectivity index (χ0v) is 13.0. The lowest BCUT2D eigenvalue weighted by Gasteiger charge is -2.20. The van der Waals surface area contributed by atoms with Crippen LogP contribution in [-0.4, -0.2) is 43.3 Å². The Morgan fingerprint density at radius 1 is 1.05 bits per heavy atom. The van der Waals surface area contributed by atoms with Gasteiger partial charge in [-0.2, -0.15) is 0 Å². The summed E-state index contributed by atoms with van der Waals surface area (Å²) < 4.78 is 4.46. The van der Waals surface area contributed by atoms with Gasteiger partial charge in [0.1, 0.15) is 0 Å². The molecular formula is C14H26N2O5. The Labute approximate surface area is 125 Å². The molecule has 7 nitrogen and oxygen atoms in total. The average molecular weight is 302 g/mol. The van der Waals surface area contributed by atoms with Gasteiger partial charge in [-0.15, -0.1) is 0 Å². The molecule has 0 bridgehead atoms. The zero-order chi connectivity index (χ0) is 16.3. The Bertz CT molecular complexity index is 344. The Kier molecular flexibility index (Phi) is 10.0. The summed E-state index contributed by atoms with van der Waals surface area (Å²) >= 11 is 0. The maximum atomic E-state index is 11.5. The number of carbonyl (C=O) groups excluding carboxylic acids is 2. The number of carboxylic acid groups (broad SMARTS) is 1. The third kappa shape index (κ3) is 10.6. The first-order chi connectivity index (χ1) is 9.86. The molecule has 0 aromatic heterocycles. The van der Waals surface area contributed by atoms with Crippen LogP contribution in [0.4, 0.5) is 4.79 Å². The Morgan fingerprint density at radius 2 is 1.67 bits per heavy atom. The van der Waals surface area contributed by atoms with Crippen molar-refractivity contribution < 1.29 is 24.2 Å². The molecule has 122 valence electrons. The molecule has 0 aliphatic carbocycles. The molecule has 0 aromatic carbocycles. The first kappa shape index (κ1) is 19.2. The van der Waals surface area contributed by atoms with Crippen LogP contribution in [0.1, 0.15) is 39.5 Å². The molecule has 3 N–H and O–H groups in total. The van der Waals surface area contributed by atoms with Crippen LogP contribution in [0.15, 0.2) is 0 Å². The summed E-state index contributed by atoms with van der Waals surface area (Å²) in [7, 11) is 1.30. The molecule has 0 fully saturated rings. The monoisotopic (exact) mass is 302 g/mol. The summed E-state index contributed by atoms with van der Waals surface area (Å²) in [5, 5.41) is 14.0. The number of hydrogen-bond donors (Lipinski definition) is 3. The fraction of sp³-hybridized carbons (Fsp3) is 0.786. The average Bonchev–Trinajstić information content (AvgIpc) is 2.41. The highest BCUT2D eigenvalue weighted by atomic mass is 16.5. The van der Waals surface area contributed by atoms with E-state index in [9.17, 15) is 14.4 Å². The molecule has 0 rings (SSSR count). The van der Waals surface area contributed by atoms with Gasteiger partial charge in [-0.1, -0.05) is 13.8 Å². The molecule has 0 aliphatic heterocycles. The van der Waals surface area contributed by atoms with Crippen molar-refractivity contribution >= 4 is 18.0 Å². The fourth-order valence-corrected chi connectivity index (χ4v) is 1.93. The number of rotatable bonds is 10. The molecule has 0 saturated carbocycles. The predicted octanol–water partition coefficient (Wildman–Crippen LogP) is 1.38. The highest BCUT2D eigenvalue weighted by Gasteiger charge is 2.15. The van der Waals surface area contributed by atoms with E-state index in [0.717, 1.165) is 6.42 Å². The number of carboxylic acids is 1. The van der Waals surface area contributed by atoms with Gasteiger partial charge >= 0.3 is 18.0 Å². The highest BCUT2D eigenvalue weighted by molar-refractivity contribution is 5.75. The van der Waals surface area contributed by atoms with E-state index in [1.54, 1.807) is 0 Å². The van der Waals surface area contributed by atoms with Gasteiger partial charge in [0.25, 0.3) is 0 Å². The SMILES string of the molecule is COC(=O)CCNC(=O)NCCC(CCC(=O)O)C(C)C. The van der Waals surface area contributed by atoms with Crippen LogP contribution < -0.4 is 10.6 Å². The molecule has 1 atom stereocenters. The van der Waals surface area contributed by atoms with Crippen molar-refractivity contribution in [2.75, 3.05) is 20.2 Å². The van der Waals surface area contributed by atoms with E-state index in [0.29, 0.717) is 18.9 Å². The van der Waals surface area contributed by atoms with E-state index in [-0.39, 0.29) is 37.3 Å². The van der Waals surface area contributed by atoms with Gasteiger partial charge in [0, 0.05) is 19.5 Å². The molecule has 0 saturated heterocycles. The van der Waals surface area contributed by atoms with E-state index in [2.05, 4.69) is 15.4 Å². The van der Waals surface area contributed by atoms with E-state index < -0.39 is 5.97 Å². The van der Waals surface area contributed by atoms with Gasteiger partial charge in [-0.25, -0.2) is 4.79 Å². The minimum Gasteiger partial charge on any atom is -0.481 e. The molecule has 1 unspecified atom stereocenters. The van der Waals surface area contributed by atoms with Crippen LogP contribution in [0, 0.1) is 11.8 Å². The lowest BCUT2D eigenvalue weighted by atomic mass is 9.88. The minimum absolute atomic E-state index is 0.136. The van der Waals surface area contributed by atoms with Gasteiger partial charge in [0.05, 0.1) is 13.5 Å². The fourth-order valence-electron chi connectivity index (χ4n) is 1.93. The minimum atomic E-state index is -0.797. The maximum Gasteiger partial charge on any atom is 0.314 e. The molecule has 0 radical (unpaired) electrons. The molecule has 2 amide bonds. The number of hydrogen-bond acceptors (Lipinski definition) is 4. The number of nitrogens with one attached hydrogen (secondary N) is 2. The van der Waals surface area contributed by atoms with Crippen molar-refractivity contribution in [2.24, 2.45) is 11.8 Å². The molecular weight excluding hydrogens is 276 g/mol. The van der Waals surface area contributed by atoms with Crippen molar-refractivity contribution in [1.82, 2.24) is 10.6 Å². The Hall–Kier alpha value is -1.79. The summed E-state index contributed by atoms with van der Waals surface area (Å²) in [5.74, 6) is -0.539. The van der Waals surface area contributed by atoms with Gasteiger partial charge < -0.3 is 20.5 Å². The first-order valence-electron chi connectivity index (χ1n) is 7.17. The Balaban J connectivity index is 3.84. The van der Waals surface area contributed by atoms with Gasteiger partial charge in [-0.3, -0.25) is 9.59 Å². The lowest BCUT2D eigenvalue weighted by Crippen LogP contribution is -2.37. The first-order valence-corrected chi connectivity index (χ1v) is 7.17. The molecule has 0 spiro atoms. The number of esters is 1. The molecule has 0 aromatic rings. The van der Waals surface area contributed by atoms with Crippen LogP contribution in [-0.2, 0) is 14.3 Å². The molecule has 0 aliphatic rings. The van der Waals surface area contributed by atoms with Crippen LogP contribution in [0.5, 0.6) is 0 Å². The van der Waals surface area contributed by atoms with E-state index in [4.69, 9.17) is 5.11 Å². The van der Waals surface area contributed by atoms with Gasteiger partial charge in [0.2, 0.25) is 0 Å². The third-order valence-electron chi connectivity index (χ3n) is 3.31. The number of amides is 2. The maximum absolute atomic E-state index is 11.5. The second-order valence-electron chi connectivity index (χ2n) is 5.23. The number of methoxy groups -OCH3 is 1. The Morgan fingerprint density at radius 3 is 2.19 bits per heavy atom. The van der Waals surface area contributed by atoms with Crippen molar-refractivity contribution in [3.8, 4) is 0 Å². The smallest absolute Gasteiger partial charge is 0.314 e. The second kappa shape index (κ2) is 10.9. The molecule has 7 heteroatoms. The van der Waals surface area contributed by atoms with Gasteiger partial charge in [0.15, 0.2) is 0 Å². The largest absolute Gasteiger partial charge is 0.481 e. The zero-order valence-electron chi connectivity index (χ0n) is 13.0.